The van der Waals surface area contributed by atoms with Gasteiger partial charge < -0.3 is 10.5 Å². The lowest BCUT2D eigenvalue weighted by Gasteiger charge is -2.12. The van der Waals surface area contributed by atoms with Crippen LogP contribution in [-0.2, 0) is 9.53 Å². The maximum Gasteiger partial charge on any atom is 0.327 e. The molecular weight excluding hydrogens is 281 g/mol. The molecule has 82 valence electrons. The van der Waals surface area contributed by atoms with Crippen LogP contribution in [0.3, 0.4) is 0 Å². The maximum absolute atomic E-state index is 11.4. The lowest BCUT2D eigenvalue weighted by molar-refractivity contribution is -0.144. The molecule has 0 amide bonds. The molecule has 0 aliphatic rings. The Labute approximate surface area is 102 Å². The fourth-order valence-corrected chi connectivity index (χ4v) is 1.73. The third-order valence-corrected chi connectivity index (χ3v) is 2.67. The molecule has 2 N–H and O–H groups in total. The Bertz CT molecular complexity index is 370. The molecule has 1 atom stereocenters. The van der Waals surface area contributed by atoms with E-state index in [-0.39, 0.29) is 0 Å². The van der Waals surface area contributed by atoms with E-state index in [4.69, 9.17) is 22.1 Å². The molecule has 0 aliphatic heterocycles. The van der Waals surface area contributed by atoms with Crippen LogP contribution in [0.4, 0.5) is 0 Å². The van der Waals surface area contributed by atoms with Crippen LogP contribution < -0.4 is 5.73 Å². The van der Waals surface area contributed by atoms with Gasteiger partial charge in [0.2, 0.25) is 0 Å². The summed E-state index contributed by atoms with van der Waals surface area (Å²) < 4.78 is 5.64. The summed E-state index contributed by atoms with van der Waals surface area (Å²) in [5.74, 6) is -0.475. The molecule has 0 aromatic heterocycles. The highest BCUT2D eigenvalue weighted by molar-refractivity contribution is 9.10. The molecule has 0 radical (unpaired) electrons. The van der Waals surface area contributed by atoms with Gasteiger partial charge in [0, 0.05) is 9.50 Å². The molecule has 0 saturated carbocycles. The maximum atomic E-state index is 11.4. The molecule has 1 rings (SSSR count). The number of carbonyl (C=O) groups excluding carboxylic acids is 1. The Morgan fingerprint density at radius 1 is 1.67 bits per heavy atom. The molecule has 0 fully saturated rings. The fourth-order valence-electron chi connectivity index (χ4n) is 1.11. The third-order valence-electron chi connectivity index (χ3n) is 1.83. The number of rotatable bonds is 3. The molecule has 3 nitrogen and oxygen atoms in total. The van der Waals surface area contributed by atoms with E-state index in [1.807, 2.05) is 0 Å². The van der Waals surface area contributed by atoms with Gasteiger partial charge in [0.15, 0.2) is 0 Å². The number of ether oxygens (including phenoxy) is 1. The van der Waals surface area contributed by atoms with E-state index in [1.54, 1.807) is 25.1 Å². The summed E-state index contributed by atoms with van der Waals surface area (Å²) in [6, 6.07) is 4.34. The van der Waals surface area contributed by atoms with Crippen LogP contribution in [0.5, 0.6) is 0 Å². The van der Waals surface area contributed by atoms with Gasteiger partial charge in [-0.05, 0) is 30.7 Å². The Kier molecular flexibility index (Phi) is 4.57. The van der Waals surface area contributed by atoms with Crippen molar-refractivity contribution >= 4 is 33.5 Å². The summed E-state index contributed by atoms with van der Waals surface area (Å²) in [5.41, 5.74) is 6.27. The predicted octanol–water partition coefficient (Wildman–Crippen LogP) is 2.67. The number of hydrogen-bond donors (Lipinski definition) is 1. The minimum Gasteiger partial charge on any atom is -0.465 e. The first-order valence-corrected chi connectivity index (χ1v) is 5.60. The van der Waals surface area contributed by atoms with Crippen molar-refractivity contribution in [1.82, 2.24) is 0 Å². The number of benzene rings is 1. The van der Waals surface area contributed by atoms with Crippen molar-refractivity contribution in [1.29, 1.82) is 0 Å². The smallest absolute Gasteiger partial charge is 0.327 e. The van der Waals surface area contributed by atoms with E-state index in [0.29, 0.717) is 17.2 Å². The highest BCUT2D eigenvalue weighted by Crippen LogP contribution is 2.25. The summed E-state index contributed by atoms with van der Waals surface area (Å²) in [7, 11) is 0. The van der Waals surface area contributed by atoms with E-state index in [1.165, 1.54) is 0 Å². The van der Waals surface area contributed by atoms with Crippen LogP contribution in [0.25, 0.3) is 0 Å². The first kappa shape index (κ1) is 12.5. The topological polar surface area (TPSA) is 52.3 Å². The minimum absolute atomic E-state index is 0.304. The summed E-state index contributed by atoms with van der Waals surface area (Å²) in [6.45, 7) is 2.03. The van der Waals surface area contributed by atoms with E-state index in [0.717, 1.165) is 4.47 Å². The van der Waals surface area contributed by atoms with Gasteiger partial charge in [-0.1, -0.05) is 27.5 Å². The molecule has 1 unspecified atom stereocenters. The largest absolute Gasteiger partial charge is 0.465 e. The Morgan fingerprint density at radius 2 is 2.33 bits per heavy atom. The molecule has 0 bridgehead atoms. The van der Waals surface area contributed by atoms with Gasteiger partial charge in [0.05, 0.1) is 6.61 Å². The van der Waals surface area contributed by atoms with Crippen molar-refractivity contribution < 1.29 is 9.53 Å². The van der Waals surface area contributed by atoms with Gasteiger partial charge in [-0.2, -0.15) is 0 Å². The molecular formula is C10H11BrClNO2. The van der Waals surface area contributed by atoms with E-state index in [9.17, 15) is 4.79 Å². The van der Waals surface area contributed by atoms with Crippen molar-refractivity contribution in [3.8, 4) is 0 Å². The van der Waals surface area contributed by atoms with Crippen LogP contribution in [0.1, 0.15) is 18.5 Å². The molecule has 0 aliphatic carbocycles. The summed E-state index contributed by atoms with van der Waals surface area (Å²) >= 11 is 9.21. The Balaban J connectivity index is 2.94. The number of hydrogen-bond acceptors (Lipinski definition) is 3. The molecule has 1 aromatic carbocycles. The SMILES string of the molecule is CCOC(=O)C(N)c1cc(Br)ccc1Cl. The van der Waals surface area contributed by atoms with Crippen LogP contribution in [0.2, 0.25) is 5.02 Å². The van der Waals surface area contributed by atoms with Gasteiger partial charge in [-0.25, -0.2) is 4.79 Å². The molecule has 1 aromatic rings. The summed E-state index contributed by atoms with van der Waals surface area (Å²) in [5, 5.41) is 0.457. The number of carbonyl (C=O) groups is 1. The molecule has 0 saturated heterocycles. The molecule has 5 heteroatoms. The van der Waals surface area contributed by atoms with Crippen LogP contribution in [-0.4, -0.2) is 12.6 Å². The standard InChI is InChI=1S/C10H11BrClNO2/c1-2-15-10(14)9(13)7-5-6(11)3-4-8(7)12/h3-5,9H,2,13H2,1H3. The highest BCUT2D eigenvalue weighted by atomic mass is 79.9. The van der Waals surface area contributed by atoms with Crippen molar-refractivity contribution in [3.63, 3.8) is 0 Å². The lowest BCUT2D eigenvalue weighted by Crippen LogP contribution is -2.24. The normalized spacial score (nSPS) is 12.3. The third kappa shape index (κ3) is 3.19. The second-order valence-corrected chi connectivity index (χ2v) is 4.22. The van der Waals surface area contributed by atoms with Crippen LogP contribution in [0.15, 0.2) is 22.7 Å². The first-order valence-electron chi connectivity index (χ1n) is 4.43. The summed E-state index contributed by atoms with van der Waals surface area (Å²) in [6.07, 6.45) is 0. The van der Waals surface area contributed by atoms with Crippen molar-refractivity contribution in [2.45, 2.75) is 13.0 Å². The van der Waals surface area contributed by atoms with Gasteiger partial charge in [0.1, 0.15) is 6.04 Å². The van der Waals surface area contributed by atoms with Crippen molar-refractivity contribution in [3.05, 3.63) is 33.3 Å². The van der Waals surface area contributed by atoms with E-state index >= 15 is 0 Å². The van der Waals surface area contributed by atoms with Crippen molar-refractivity contribution in [2.24, 2.45) is 5.73 Å². The molecule has 0 spiro atoms. The zero-order valence-electron chi connectivity index (χ0n) is 8.17. The Morgan fingerprint density at radius 3 is 2.93 bits per heavy atom. The van der Waals surface area contributed by atoms with E-state index in [2.05, 4.69) is 15.9 Å². The summed E-state index contributed by atoms with van der Waals surface area (Å²) in [4.78, 5) is 11.4. The molecule has 15 heavy (non-hydrogen) atoms. The van der Waals surface area contributed by atoms with Crippen LogP contribution >= 0.6 is 27.5 Å². The number of esters is 1. The number of nitrogens with two attached hydrogens (primary N) is 1. The van der Waals surface area contributed by atoms with E-state index < -0.39 is 12.0 Å². The second-order valence-electron chi connectivity index (χ2n) is 2.90. The number of halogens is 2. The first-order chi connectivity index (χ1) is 7.06. The zero-order chi connectivity index (χ0) is 11.4. The van der Waals surface area contributed by atoms with Gasteiger partial charge in [-0.3, -0.25) is 0 Å². The van der Waals surface area contributed by atoms with Crippen molar-refractivity contribution in [2.75, 3.05) is 6.61 Å². The quantitative estimate of drug-likeness (QED) is 0.871. The lowest BCUT2D eigenvalue weighted by atomic mass is 10.1. The highest BCUT2D eigenvalue weighted by Gasteiger charge is 2.19. The fraction of sp³-hybridized carbons (Fsp3) is 0.300. The van der Waals surface area contributed by atoms with Gasteiger partial charge in [0.25, 0.3) is 0 Å². The van der Waals surface area contributed by atoms with Gasteiger partial charge in [-0.15, -0.1) is 0 Å². The zero-order valence-corrected chi connectivity index (χ0v) is 10.5. The minimum atomic E-state index is -0.838. The predicted molar refractivity (Wildman–Crippen MR) is 62.7 cm³/mol. The Hall–Kier alpha value is -0.580. The average molecular weight is 293 g/mol. The second kappa shape index (κ2) is 5.49. The molecule has 0 heterocycles. The van der Waals surface area contributed by atoms with Gasteiger partial charge >= 0.3 is 5.97 Å². The van der Waals surface area contributed by atoms with Crippen LogP contribution in [0, 0.1) is 0 Å². The monoisotopic (exact) mass is 291 g/mol. The average Bonchev–Trinajstić information content (AvgIpc) is 2.21.